The van der Waals surface area contributed by atoms with Crippen molar-refractivity contribution in [1.82, 2.24) is 10.5 Å². The molecule has 1 atom stereocenters. The van der Waals surface area contributed by atoms with Crippen molar-refractivity contribution in [3.63, 3.8) is 0 Å². The van der Waals surface area contributed by atoms with Crippen molar-refractivity contribution in [2.75, 3.05) is 0 Å². The van der Waals surface area contributed by atoms with E-state index < -0.39 is 17.9 Å². The van der Waals surface area contributed by atoms with Crippen LogP contribution >= 0.6 is 0 Å². The van der Waals surface area contributed by atoms with Gasteiger partial charge in [0, 0.05) is 6.07 Å². The third-order valence-electron chi connectivity index (χ3n) is 2.51. The molecule has 2 N–H and O–H groups in total. The first-order valence-electron chi connectivity index (χ1n) is 5.60. The predicted octanol–water partition coefficient (Wildman–Crippen LogP) is 1.54. The number of hydrogen-bond acceptors (Lipinski definition) is 4. The van der Waals surface area contributed by atoms with E-state index >= 15 is 0 Å². The Morgan fingerprint density at radius 2 is 2.00 bits per heavy atom. The Morgan fingerprint density at radius 3 is 2.53 bits per heavy atom. The van der Waals surface area contributed by atoms with Crippen LogP contribution in [-0.4, -0.2) is 22.1 Å². The monoisotopic (exact) mass is 260 g/mol. The average Bonchev–Trinajstić information content (AvgIpc) is 2.83. The fourth-order valence-electron chi connectivity index (χ4n) is 1.61. The Hall–Kier alpha value is -2.63. The minimum absolute atomic E-state index is 0.0142. The maximum absolute atomic E-state index is 11.8. The molecule has 98 valence electrons. The number of carbonyl (C=O) groups is 2. The molecule has 6 heteroatoms. The Kier molecular flexibility index (Phi) is 3.61. The zero-order valence-electron chi connectivity index (χ0n) is 10.2. The molecule has 0 unspecified atom stereocenters. The number of rotatable bonds is 4. The van der Waals surface area contributed by atoms with Crippen molar-refractivity contribution >= 4 is 11.9 Å². The topological polar surface area (TPSA) is 92.4 Å². The number of nitrogens with zero attached hydrogens (tertiary/aromatic N) is 1. The van der Waals surface area contributed by atoms with E-state index in [0.29, 0.717) is 11.3 Å². The lowest BCUT2D eigenvalue weighted by Gasteiger charge is -2.13. The van der Waals surface area contributed by atoms with Crippen molar-refractivity contribution in [3.8, 4) is 0 Å². The van der Waals surface area contributed by atoms with Crippen molar-refractivity contribution in [1.29, 1.82) is 0 Å². The molecule has 0 saturated heterocycles. The lowest BCUT2D eigenvalue weighted by molar-refractivity contribution is -0.139. The Balaban J connectivity index is 2.18. The van der Waals surface area contributed by atoms with Crippen molar-refractivity contribution in [2.24, 2.45) is 0 Å². The number of amides is 1. The minimum Gasteiger partial charge on any atom is -0.479 e. The maximum atomic E-state index is 11.8. The van der Waals surface area contributed by atoms with Crippen LogP contribution in [0.1, 0.15) is 27.9 Å². The van der Waals surface area contributed by atoms with Gasteiger partial charge in [-0.25, -0.2) is 4.79 Å². The van der Waals surface area contributed by atoms with Crippen LogP contribution in [0, 0.1) is 6.92 Å². The first kappa shape index (κ1) is 12.8. The molecule has 0 aliphatic rings. The van der Waals surface area contributed by atoms with Crippen LogP contribution in [0.2, 0.25) is 0 Å². The van der Waals surface area contributed by atoms with Crippen molar-refractivity contribution < 1.29 is 19.2 Å². The van der Waals surface area contributed by atoms with Gasteiger partial charge in [0.25, 0.3) is 5.91 Å². The second-order valence-corrected chi connectivity index (χ2v) is 3.99. The van der Waals surface area contributed by atoms with Crippen LogP contribution in [-0.2, 0) is 4.79 Å². The highest BCUT2D eigenvalue weighted by Crippen LogP contribution is 2.14. The van der Waals surface area contributed by atoms with E-state index in [-0.39, 0.29) is 5.76 Å². The molecule has 0 bridgehead atoms. The van der Waals surface area contributed by atoms with Gasteiger partial charge in [0.15, 0.2) is 6.04 Å². The second-order valence-electron chi connectivity index (χ2n) is 3.99. The van der Waals surface area contributed by atoms with Gasteiger partial charge in [-0.1, -0.05) is 35.5 Å². The van der Waals surface area contributed by atoms with E-state index in [4.69, 9.17) is 9.63 Å². The highest BCUT2D eigenvalue weighted by Gasteiger charge is 2.24. The lowest BCUT2D eigenvalue weighted by Crippen LogP contribution is -2.33. The zero-order chi connectivity index (χ0) is 13.8. The van der Waals surface area contributed by atoms with E-state index in [0.717, 1.165) is 0 Å². The first-order chi connectivity index (χ1) is 9.08. The summed E-state index contributed by atoms with van der Waals surface area (Å²) in [6, 6.07) is 8.75. The van der Waals surface area contributed by atoms with Gasteiger partial charge in [-0.2, -0.15) is 0 Å². The van der Waals surface area contributed by atoms with Gasteiger partial charge in [-0.15, -0.1) is 0 Å². The molecule has 0 aliphatic carbocycles. The van der Waals surface area contributed by atoms with Gasteiger partial charge in [0.2, 0.25) is 5.76 Å². The molecule has 1 heterocycles. The number of aliphatic carboxylic acids is 1. The summed E-state index contributed by atoms with van der Waals surface area (Å²) in [7, 11) is 0. The van der Waals surface area contributed by atoms with E-state index in [1.165, 1.54) is 6.07 Å². The number of carboxylic acids is 1. The second kappa shape index (κ2) is 5.34. The average molecular weight is 260 g/mol. The van der Waals surface area contributed by atoms with E-state index in [2.05, 4.69) is 10.5 Å². The summed E-state index contributed by atoms with van der Waals surface area (Å²) in [5, 5.41) is 15.1. The van der Waals surface area contributed by atoms with Crippen molar-refractivity contribution in [3.05, 3.63) is 53.4 Å². The largest absolute Gasteiger partial charge is 0.479 e. The molecule has 0 saturated carbocycles. The highest BCUT2D eigenvalue weighted by atomic mass is 16.5. The molecule has 1 aromatic carbocycles. The predicted molar refractivity (Wildman–Crippen MR) is 65.5 cm³/mol. The van der Waals surface area contributed by atoms with Gasteiger partial charge in [0.1, 0.15) is 0 Å². The number of benzene rings is 1. The van der Waals surface area contributed by atoms with Crippen LogP contribution < -0.4 is 5.32 Å². The fourth-order valence-corrected chi connectivity index (χ4v) is 1.61. The minimum atomic E-state index is -1.14. The molecule has 1 aromatic heterocycles. The summed E-state index contributed by atoms with van der Waals surface area (Å²) in [6.07, 6.45) is 0. The molecule has 0 fully saturated rings. The number of carbonyl (C=O) groups excluding carboxylic acids is 1. The molecule has 2 rings (SSSR count). The van der Waals surface area contributed by atoms with Gasteiger partial charge in [0.05, 0.1) is 5.69 Å². The van der Waals surface area contributed by atoms with E-state index in [1.807, 2.05) is 0 Å². The molecular weight excluding hydrogens is 248 g/mol. The SMILES string of the molecule is Cc1cc(C(=O)N[C@H](C(=O)O)c2ccccc2)on1. The van der Waals surface area contributed by atoms with Gasteiger partial charge >= 0.3 is 5.97 Å². The molecule has 6 nitrogen and oxygen atoms in total. The summed E-state index contributed by atoms with van der Waals surface area (Å²) in [5.74, 6) is -1.77. The zero-order valence-corrected chi connectivity index (χ0v) is 10.2. The molecule has 0 aliphatic heterocycles. The quantitative estimate of drug-likeness (QED) is 0.869. The van der Waals surface area contributed by atoms with Gasteiger partial charge < -0.3 is 14.9 Å². The fraction of sp³-hybridized carbons (Fsp3) is 0.154. The van der Waals surface area contributed by atoms with Crippen LogP contribution in [0.3, 0.4) is 0 Å². The van der Waals surface area contributed by atoms with Crippen LogP contribution in [0.25, 0.3) is 0 Å². The number of aryl methyl sites for hydroxylation is 1. The molecule has 0 spiro atoms. The lowest BCUT2D eigenvalue weighted by atomic mass is 10.1. The third kappa shape index (κ3) is 2.98. The maximum Gasteiger partial charge on any atom is 0.330 e. The summed E-state index contributed by atoms with van der Waals surface area (Å²) in [5.41, 5.74) is 1.04. The number of aromatic nitrogens is 1. The highest BCUT2D eigenvalue weighted by molar-refractivity contribution is 5.94. The Morgan fingerprint density at radius 1 is 1.32 bits per heavy atom. The first-order valence-corrected chi connectivity index (χ1v) is 5.60. The Bertz CT molecular complexity index is 592. The Labute approximate surface area is 109 Å². The molecule has 19 heavy (non-hydrogen) atoms. The van der Waals surface area contributed by atoms with Crippen LogP contribution in [0.5, 0.6) is 0 Å². The molecular formula is C13H12N2O4. The molecule has 2 aromatic rings. The summed E-state index contributed by atoms with van der Waals surface area (Å²) in [6.45, 7) is 1.67. The van der Waals surface area contributed by atoms with E-state index in [1.54, 1.807) is 37.3 Å². The van der Waals surface area contributed by atoms with Gasteiger partial charge in [-0.3, -0.25) is 4.79 Å². The number of nitrogens with one attached hydrogen (secondary N) is 1. The summed E-state index contributed by atoms with van der Waals surface area (Å²) >= 11 is 0. The molecule has 1 amide bonds. The number of hydrogen-bond donors (Lipinski definition) is 2. The van der Waals surface area contributed by atoms with Gasteiger partial charge in [-0.05, 0) is 12.5 Å². The van der Waals surface area contributed by atoms with Crippen LogP contribution in [0.15, 0.2) is 40.9 Å². The van der Waals surface area contributed by atoms with Crippen molar-refractivity contribution in [2.45, 2.75) is 13.0 Å². The van der Waals surface area contributed by atoms with Crippen LogP contribution in [0.4, 0.5) is 0 Å². The third-order valence-corrected chi connectivity index (χ3v) is 2.51. The number of carboxylic acid groups (broad SMARTS) is 1. The summed E-state index contributed by atoms with van der Waals surface area (Å²) in [4.78, 5) is 23.0. The normalized spacial score (nSPS) is 11.8. The molecule has 0 radical (unpaired) electrons. The smallest absolute Gasteiger partial charge is 0.330 e. The van der Waals surface area contributed by atoms with E-state index in [9.17, 15) is 9.59 Å². The standard InChI is InChI=1S/C13H12N2O4/c1-8-7-10(19-15-8)12(16)14-11(13(17)18)9-5-3-2-4-6-9/h2-7,11H,1H3,(H,14,16)(H,17,18)/t11-/m0/s1. The summed E-state index contributed by atoms with van der Waals surface area (Å²) < 4.78 is 4.79.